The fourth-order valence-corrected chi connectivity index (χ4v) is 2.44. The van der Waals surface area contributed by atoms with Gasteiger partial charge in [0, 0.05) is 38.8 Å². The largest absolute Gasteiger partial charge is 0.396 e. The number of hydrogen-bond acceptors (Lipinski definition) is 5. The molecule has 1 aliphatic heterocycles. The summed E-state index contributed by atoms with van der Waals surface area (Å²) in [6, 6.07) is 0.365. The van der Waals surface area contributed by atoms with E-state index in [1.165, 1.54) is 0 Å². The molecule has 16 heavy (non-hydrogen) atoms. The van der Waals surface area contributed by atoms with Crippen LogP contribution in [0.2, 0.25) is 0 Å². The summed E-state index contributed by atoms with van der Waals surface area (Å²) < 4.78 is 0. The summed E-state index contributed by atoms with van der Waals surface area (Å²) in [6.45, 7) is 3.74. The molecule has 1 saturated heterocycles. The van der Waals surface area contributed by atoms with E-state index in [0.717, 1.165) is 25.9 Å². The third kappa shape index (κ3) is 4.76. The fraction of sp³-hybridized carbons (Fsp3) is 1.00. The predicted molar refractivity (Wildman–Crippen MR) is 62.2 cm³/mol. The average molecular weight is 232 g/mol. The van der Waals surface area contributed by atoms with E-state index < -0.39 is 0 Å². The lowest BCUT2D eigenvalue weighted by Gasteiger charge is -2.37. The molecular formula is C11H24N2O3. The third-order valence-corrected chi connectivity index (χ3v) is 3.11. The van der Waals surface area contributed by atoms with Crippen LogP contribution >= 0.6 is 0 Å². The molecule has 5 heteroatoms. The van der Waals surface area contributed by atoms with Gasteiger partial charge < -0.3 is 20.6 Å². The van der Waals surface area contributed by atoms with Crippen molar-refractivity contribution in [2.24, 2.45) is 5.92 Å². The minimum Gasteiger partial charge on any atom is -0.396 e. The number of aliphatic hydroxyl groups excluding tert-OH is 3. The van der Waals surface area contributed by atoms with Gasteiger partial charge in [-0.15, -0.1) is 0 Å². The first-order valence-electron chi connectivity index (χ1n) is 6.08. The second-order valence-corrected chi connectivity index (χ2v) is 4.47. The van der Waals surface area contributed by atoms with Crippen LogP contribution in [0.15, 0.2) is 0 Å². The Labute approximate surface area is 97.1 Å². The van der Waals surface area contributed by atoms with Crippen molar-refractivity contribution in [3.63, 3.8) is 0 Å². The molecule has 0 aromatic rings. The van der Waals surface area contributed by atoms with Gasteiger partial charge in [0.15, 0.2) is 0 Å². The summed E-state index contributed by atoms with van der Waals surface area (Å²) in [5, 5.41) is 30.0. The molecule has 0 spiro atoms. The first kappa shape index (κ1) is 13.9. The number of nitrogens with one attached hydrogen (secondary N) is 1. The molecule has 1 fully saturated rings. The van der Waals surface area contributed by atoms with E-state index in [1.807, 2.05) is 0 Å². The van der Waals surface area contributed by atoms with Gasteiger partial charge in [-0.2, -0.15) is 0 Å². The standard InChI is InChI=1S/C11H24N2O3/c14-4-1-10-7-11(12-2-5-15)9-13(8-10)3-6-16/h10-12,14-16H,1-9H2. The van der Waals surface area contributed by atoms with Crippen molar-refractivity contribution in [1.82, 2.24) is 10.2 Å². The summed E-state index contributed by atoms with van der Waals surface area (Å²) in [5.74, 6) is 0.487. The molecule has 2 unspecified atom stereocenters. The third-order valence-electron chi connectivity index (χ3n) is 3.11. The van der Waals surface area contributed by atoms with Gasteiger partial charge >= 0.3 is 0 Å². The highest BCUT2D eigenvalue weighted by Gasteiger charge is 2.25. The van der Waals surface area contributed by atoms with Crippen LogP contribution in [0.5, 0.6) is 0 Å². The SMILES string of the molecule is OCCNC1CC(CCO)CN(CCO)C1. The molecule has 1 aliphatic rings. The molecule has 0 aromatic carbocycles. The molecule has 1 heterocycles. The fourth-order valence-electron chi connectivity index (χ4n) is 2.44. The molecule has 96 valence electrons. The van der Waals surface area contributed by atoms with Crippen LogP contribution in [0.1, 0.15) is 12.8 Å². The minimum absolute atomic E-state index is 0.154. The Hall–Kier alpha value is -0.200. The zero-order valence-corrected chi connectivity index (χ0v) is 9.81. The van der Waals surface area contributed by atoms with Crippen LogP contribution in [-0.2, 0) is 0 Å². The molecule has 0 aromatic heterocycles. The molecule has 0 radical (unpaired) electrons. The topological polar surface area (TPSA) is 76.0 Å². The molecule has 0 saturated carbocycles. The number of rotatable bonds is 7. The monoisotopic (exact) mass is 232 g/mol. The molecule has 5 nitrogen and oxygen atoms in total. The van der Waals surface area contributed by atoms with Crippen molar-refractivity contribution in [3.05, 3.63) is 0 Å². The van der Waals surface area contributed by atoms with Crippen molar-refractivity contribution in [2.75, 3.05) is 46.0 Å². The summed E-state index contributed by atoms with van der Waals surface area (Å²) in [5.41, 5.74) is 0. The summed E-state index contributed by atoms with van der Waals surface area (Å²) in [7, 11) is 0. The number of hydrogen-bond donors (Lipinski definition) is 4. The Balaban J connectivity index is 2.38. The van der Waals surface area contributed by atoms with E-state index in [-0.39, 0.29) is 19.8 Å². The lowest BCUT2D eigenvalue weighted by Crippen LogP contribution is -2.50. The summed E-state index contributed by atoms with van der Waals surface area (Å²) >= 11 is 0. The molecule has 0 aliphatic carbocycles. The van der Waals surface area contributed by atoms with Crippen molar-refractivity contribution < 1.29 is 15.3 Å². The van der Waals surface area contributed by atoms with E-state index in [4.69, 9.17) is 15.3 Å². The van der Waals surface area contributed by atoms with Crippen LogP contribution in [0.25, 0.3) is 0 Å². The van der Waals surface area contributed by atoms with Gasteiger partial charge in [0.25, 0.3) is 0 Å². The van der Waals surface area contributed by atoms with Crippen molar-refractivity contribution >= 4 is 0 Å². The Morgan fingerprint density at radius 1 is 1.06 bits per heavy atom. The lowest BCUT2D eigenvalue weighted by atomic mass is 9.91. The first-order chi connectivity index (χ1) is 7.80. The second-order valence-electron chi connectivity index (χ2n) is 4.47. The Kier molecular flexibility index (Phi) is 6.91. The van der Waals surface area contributed by atoms with Crippen molar-refractivity contribution in [1.29, 1.82) is 0 Å². The van der Waals surface area contributed by atoms with Gasteiger partial charge in [-0.1, -0.05) is 0 Å². The minimum atomic E-state index is 0.154. The van der Waals surface area contributed by atoms with E-state index in [0.29, 0.717) is 25.0 Å². The molecule has 4 N–H and O–H groups in total. The van der Waals surface area contributed by atoms with Gasteiger partial charge in [-0.3, -0.25) is 4.90 Å². The molecule has 0 amide bonds. The zero-order valence-electron chi connectivity index (χ0n) is 9.81. The summed E-state index contributed by atoms with van der Waals surface area (Å²) in [6.07, 6.45) is 1.86. The van der Waals surface area contributed by atoms with E-state index in [1.54, 1.807) is 0 Å². The van der Waals surface area contributed by atoms with Crippen molar-refractivity contribution in [3.8, 4) is 0 Å². The first-order valence-corrected chi connectivity index (χ1v) is 6.08. The zero-order chi connectivity index (χ0) is 11.8. The number of piperidine rings is 1. The number of β-amino-alcohol motifs (C(OH)–C–C–N with tert-alkyl or cyclic N) is 1. The number of aliphatic hydroxyl groups is 3. The van der Waals surface area contributed by atoms with Crippen molar-refractivity contribution in [2.45, 2.75) is 18.9 Å². The maximum atomic E-state index is 8.97. The highest BCUT2D eigenvalue weighted by Crippen LogP contribution is 2.19. The highest BCUT2D eigenvalue weighted by atomic mass is 16.3. The van der Waals surface area contributed by atoms with Crippen LogP contribution in [0.4, 0.5) is 0 Å². The Morgan fingerprint density at radius 2 is 1.88 bits per heavy atom. The van der Waals surface area contributed by atoms with Crippen LogP contribution in [0, 0.1) is 5.92 Å². The second kappa shape index (κ2) is 7.97. The van der Waals surface area contributed by atoms with Gasteiger partial charge in [0.05, 0.1) is 13.2 Å². The smallest absolute Gasteiger partial charge is 0.0558 e. The average Bonchev–Trinajstić information content (AvgIpc) is 2.27. The molecule has 1 rings (SSSR count). The van der Waals surface area contributed by atoms with Gasteiger partial charge in [0.2, 0.25) is 0 Å². The van der Waals surface area contributed by atoms with E-state index in [2.05, 4.69) is 10.2 Å². The maximum absolute atomic E-state index is 8.97. The maximum Gasteiger partial charge on any atom is 0.0558 e. The predicted octanol–water partition coefficient (Wildman–Crippen LogP) is -1.37. The van der Waals surface area contributed by atoms with Gasteiger partial charge in [-0.25, -0.2) is 0 Å². The van der Waals surface area contributed by atoms with Crippen LogP contribution in [-0.4, -0.2) is 72.3 Å². The summed E-state index contributed by atoms with van der Waals surface area (Å²) in [4.78, 5) is 2.22. The molecule has 2 atom stereocenters. The Morgan fingerprint density at radius 3 is 2.50 bits per heavy atom. The van der Waals surface area contributed by atoms with Gasteiger partial charge in [-0.05, 0) is 18.8 Å². The van der Waals surface area contributed by atoms with Crippen LogP contribution < -0.4 is 5.32 Å². The van der Waals surface area contributed by atoms with Gasteiger partial charge in [0.1, 0.15) is 0 Å². The van der Waals surface area contributed by atoms with Crippen LogP contribution in [0.3, 0.4) is 0 Å². The lowest BCUT2D eigenvalue weighted by molar-refractivity contribution is 0.100. The normalized spacial score (nSPS) is 27.2. The quantitative estimate of drug-likeness (QED) is 0.436. The Bertz CT molecular complexity index is 167. The molecular weight excluding hydrogens is 208 g/mol. The van der Waals surface area contributed by atoms with E-state index in [9.17, 15) is 0 Å². The number of nitrogens with zero attached hydrogens (tertiary/aromatic N) is 1. The van der Waals surface area contributed by atoms with E-state index >= 15 is 0 Å². The number of likely N-dealkylation sites (tertiary alicyclic amines) is 1. The highest BCUT2D eigenvalue weighted by molar-refractivity contribution is 4.83. The molecule has 0 bridgehead atoms.